The second-order valence-electron chi connectivity index (χ2n) is 8.57. The van der Waals surface area contributed by atoms with Gasteiger partial charge in [0.25, 0.3) is 0 Å². The maximum atomic E-state index is 12.6. The quantitative estimate of drug-likeness (QED) is 0.472. The topological polar surface area (TPSA) is 82.1 Å². The molecule has 0 heterocycles. The summed E-state index contributed by atoms with van der Waals surface area (Å²) in [6, 6.07) is 0. The van der Waals surface area contributed by atoms with Crippen molar-refractivity contribution in [3.8, 4) is 0 Å². The summed E-state index contributed by atoms with van der Waals surface area (Å²) in [6.07, 6.45) is -0.0545. The Labute approximate surface area is 163 Å². The van der Waals surface area contributed by atoms with E-state index in [0.29, 0.717) is 24.2 Å². The Morgan fingerprint density at radius 2 is 0.926 bits per heavy atom. The molecule has 3 amide bonds. The number of carbonyl (C=O) groups excluding carboxylic acids is 3. The molecular formula is C20H37NO6. The average molecular weight is 388 g/mol. The van der Waals surface area contributed by atoms with Crippen molar-refractivity contribution in [2.45, 2.75) is 111 Å². The molecule has 0 aliphatic rings. The maximum Gasteiger partial charge on any atom is 0.429 e. The van der Waals surface area contributed by atoms with Gasteiger partial charge in [0, 0.05) is 0 Å². The van der Waals surface area contributed by atoms with Gasteiger partial charge in [-0.1, -0.05) is 33.6 Å². The Bertz CT molecular complexity index is 493. The van der Waals surface area contributed by atoms with Gasteiger partial charge in [0.1, 0.15) is 16.8 Å². The predicted octanol–water partition coefficient (Wildman–Crippen LogP) is 6.04. The zero-order valence-corrected chi connectivity index (χ0v) is 18.4. The van der Waals surface area contributed by atoms with Crippen molar-refractivity contribution in [3.63, 3.8) is 0 Å². The van der Waals surface area contributed by atoms with Crippen LogP contribution in [0, 0.1) is 0 Å². The lowest BCUT2D eigenvalue weighted by molar-refractivity contribution is -0.0269. The predicted molar refractivity (Wildman–Crippen MR) is 104 cm³/mol. The summed E-state index contributed by atoms with van der Waals surface area (Å²) in [5, 5.41) is 0. The zero-order chi connectivity index (χ0) is 21.5. The van der Waals surface area contributed by atoms with Gasteiger partial charge in [-0.25, -0.2) is 14.4 Å². The highest BCUT2D eigenvalue weighted by Gasteiger charge is 2.40. The lowest BCUT2D eigenvalue weighted by Gasteiger charge is -2.32. The summed E-state index contributed by atoms with van der Waals surface area (Å²) >= 11 is 0. The van der Waals surface area contributed by atoms with Crippen molar-refractivity contribution in [2.75, 3.05) is 0 Å². The zero-order valence-electron chi connectivity index (χ0n) is 18.4. The third-order valence-electron chi connectivity index (χ3n) is 4.19. The number of carbonyl (C=O) groups is 3. The minimum Gasteiger partial charge on any atom is -0.443 e. The molecule has 7 nitrogen and oxygen atoms in total. The molecular weight excluding hydrogens is 350 g/mol. The van der Waals surface area contributed by atoms with E-state index in [1.54, 1.807) is 41.5 Å². The Morgan fingerprint density at radius 1 is 0.630 bits per heavy atom. The van der Waals surface area contributed by atoms with Crippen molar-refractivity contribution < 1.29 is 28.6 Å². The Balaban J connectivity index is 5.58. The molecule has 0 saturated carbocycles. The molecule has 0 saturated heterocycles. The summed E-state index contributed by atoms with van der Waals surface area (Å²) < 4.78 is 16.1. The van der Waals surface area contributed by atoms with Gasteiger partial charge in [-0.2, -0.15) is 0 Å². The first-order valence-corrected chi connectivity index (χ1v) is 9.69. The van der Waals surface area contributed by atoms with Crippen LogP contribution in [0.5, 0.6) is 0 Å². The molecule has 158 valence electrons. The maximum absolute atomic E-state index is 12.6. The largest absolute Gasteiger partial charge is 0.443 e. The third-order valence-corrected chi connectivity index (χ3v) is 4.19. The van der Waals surface area contributed by atoms with Crippen molar-refractivity contribution in [3.05, 3.63) is 0 Å². The van der Waals surface area contributed by atoms with Gasteiger partial charge in [-0.3, -0.25) is 0 Å². The molecule has 0 rings (SSSR count). The van der Waals surface area contributed by atoms with Crippen molar-refractivity contribution in [2.24, 2.45) is 0 Å². The fourth-order valence-corrected chi connectivity index (χ4v) is 2.45. The van der Waals surface area contributed by atoms with E-state index in [1.165, 1.54) is 0 Å². The van der Waals surface area contributed by atoms with Crippen LogP contribution < -0.4 is 0 Å². The smallest absolute Gasteiger partial charge is 0.429 e. The highest BCUT2D eigenvalue weighted by atomic mass is 16.6. The number of hydrogen-bond acceptors (Lipinski definition) is 6. The molecule has 0 aromatic heterocycles. The molecule has 7 heteroatoms. The normalized spacial score (nSPS) is 12.3. The van der Waals surface area contributed by atoms with Crippen LogP contribution in [0.3, 0.4) is 0 Å². The average Bonchev–Trinajstić information content (AvgIpc) is 2.44. The second-order valence-corrected chi connectivity index (χ2v) is 8.57. The van der Waals surface area contributed by atoms with Crippen LogP contribution in [0.25, 0.3) is 0 Å². The highest BCUT2D eigenvalue weighted by molar-refractivity contribution is 6.04. The molecule has 0 aromatic carbocycles. The van der Waals surface area contributed by atoms with Gasteiger partial charge in [-0.15, -0.1) is 4.90 Å². The summed E-state index contributed by atoms with van der Waals surface area (Å²) in [7, 11) is 0. The lowest BCUT2D eigenvalue weighted by atomic mass is 10.0. The number of imide groups is 3. The van der Waals surface area contributed by atoms with E-state index in [4.69, 9.17) is 14.2 Å². The van der Waals surface area contributed by atoms with Crippen molar-refractivity contribution in [1.29, 1.82) is 0 Å². The van der Waals surface area contributed by atoms with Gasteiger partial charge < -0.3 is 14.2 Å². The molecule has 0 spiro atoms. The molecule has 0 aliphatic heterocycles. The molecule has 0 bridgehead atoms. The molecule has 0 unspecified atom stereocenters. The van der Waals surface area contributed by atoms with Gasteiger partial charge in [0.15, 0.2) is 0 Å². The minimum absolute atomic E-state index is 0.312. The first-order valence-electron chi connectivity index (χ1n) is 9.69. The van der Waals surface area contributed by atoms with Crippen LogP contribution >= 0.6 is 0 Å². The second kappa shape index (κ2) is 9.95. The van der Waals surface area contributed by atoms with E-state index in [9.17, 15) is 14.4 Å². The van der Waals surface area contributed by atoms with Gasteiger partial charge >= 0.3 is 18.3 Å². The summed E-state index contributed by atoms with van der Waals surface area (Å²) in [5.41, 5.74) is -2.50. The number of amides is 3. The number of ether oxygens (including phenoxy) is 3. The SMILES string of the molecule is CCCC(C)(C)OC(=O)N(C(=O)OC(C)(C)CC)C(=O)OC(C)(C)CCC. The van der Waals surface area contributed by atoms with E-state index < -0.39 is 35.1 Å². The van der Waals surface area contributed by atoms with Crippen LogP contribution in [0.4, 0.5) is 14.4 Å². The Kier molecular flexibility index (Phi) is 9.29. The number of rotatable bonds is 8. The van der Waals surface area contributed by atoms with Crippen LogP contribution in [0.15, 0.2) is 0 Å². The third kappa shape index (κ3) is 9.11. The van der Waals surface area contributed by atoms with E-state index in [-0.39, 0.29) is 0 Å². The van der Waals surface area contributed by atoms with E-state index in [1.807, 2.05) is 20.8 Å². The molecule has 0 radical (unpaired) electrons. The van der Waals surface area contributed by atoms with Gasteiger partial charge in [0.2, 0.25) is 0 Å². The summed E-state index contributed by atoms with van der Waals surface area (Å²) in [4.78, 5) is 38.2. The van der Waals surface area contributed by atoms with Gasteiger partial charge in [0.05, 0.1) is 0 Å². The lowest BCUT2D eigenvalue weighted by Crippen LogP contribution is -2.49. The van der Waals surface area contributed by atoms with E-state index in [0.717, 1.165) is 12.8 Å². The first kappa shape index (κ1) is 25.2. The molecule has 0 aliphatic carbocycles. The molecule has 0 aromatic rings. The van der Waals surface area contributed by atoms with Crippen LogP contribution in [0.2, 0.25) is 0 Å². The van der Waals surface area contributed by atoms with Crippen LogP contribution in [-0.2, 0) is 14.2 Å². The van der Waals surface area contributed by atoms with Crippen molar-refractivity contribution >= 4 is 18.3 Å². The number of hydrogen-bond donors (Lipinski definition) is 0. The highest BCUT2D eigenvalue weighted by Crippen LogP contribution is 2.23. The minimum atomic E-state index is -1.10. The fraction of sp³-hybridized carbons (Fsp3) is 0.850. The summed E-state index contributed by atoms with van der Waals surface area (Å²) in [5.74, 6) is 0. The van der Waals surface area contributed by atoms with Gasteiger partial charge in [-0.05, 0) is 60.8 Å². The molecule has 27 heavy (non-hydrogen) atoms. The van der Waals surface area contributed by atoms with E-state index >= 15 is 0 Å². The molecule has 0 N–H and O–H groups in total. The monoisotopic (exact) mass is 387 g/mol. The standard InChI is InChI=1S/C20H37NO6/c1-10-13-19(6,7)26-16(23)21(15(22)25-18(4,5)12-3)17(24)27-20(8,9)14-11-2/h10-14H2,1-9H3. The molecule has 0 fully saturated rings. The molecule has 0 atom stereocenters. The first-order chi connectivity index (χ1) is 12.2. The van der Waals surface area contributed by atoms with E-state index in [2.05, 4.69) is 0 Å². The van der Waals surface area contributed by atoms with Crippen LogP contribution in [-0.4, -0.2) is 40.0 Å². The Morgan fingerprint density at radius 3 is 1.19 bits per heavy atom. The van der Waals surface area contributed by atoms with Crippen molar-refractivity contribution in [1.82, 2.24) is 4.90 Å². The fourth-order valence-electron chi connectivity index (χ4n) is 2.45. The summed E-state index contributed by atoms with van der Waals surface area (Å²) in [6.45, 7) is 16.0. The number of nitrogens with zero attached hydrogens (tertiary/aromatic N) is 1. The Hall–Kier alpha value is -1.79. The van der Waals surface area contributed by atoms with Crippen LogP contribution in [0.1, 0.15) is 94.4 Å².